The third-order valence-electron chi connectivity index (χ3n) is 4.01. The summed E-state index contributed by atoms with van der Waals surface area (Å²) in [5, 5.41) is 4.58. The molecule has 1 heterocycles. The number of benzene rings is 2. The first-order valence-corrected chi connectivity index (χ1v) is 8.80. The number of alkyl halides is 4. The third kappa shape index (κ3) is 2.90. The number of nitrogens with two attached hydrogens (primary N) is 1. The molecule has 0 aromatic heterocycles. The molecule has 5 nitrogen and oxygen atoms in total. The molecule has 0 bridgehead atoms. The average molecular weight is 406 g/mol. The van der Waals surface area contributed by atoms with Crippen molar-refractivity contribution in [1.29, 1.82) is 5.26 Å². The van der Waals surface area contributed by atoms with Crippen molar-refractivity contribution in [2.75, 3.05) is 0 Å². The van der Waals surface area contributed by atoms with Crippen LogP contribution >= 0.6 is 10.6 Å². The van der Waals surface area contributed by atoms with E-state index in [2.05, 4.69) is 0 Å². The standard InChI is InChI=1S/C16H11F5N2O3S/c17-8-3-7(6-22)4-9(5-8)26-10-1-2-11-13(12(10)15(18)19)14(23)16(20,21)27(11,24)25/h1-5,14-15,24-25H,23H2. The zero-order valence-corrected chi connectivity index (χ0v) is 14.0. The van der Waals surface area contributed by atoms with Gasteiger partial charge in [-0.25, -0.2) is 13.2 Å². The highest BCUT2D eigenvalue weighted by atomic mass is 32.3. The normalized spacial score (nSPS) is 20.8. The first-order chi connectivity index (χ1) is 12.5. The summed E-state index contributed by atoms with van der Waals surface area (Å²) in [7, 11) is -4.75. The van der Waals surface area contributed by atoms with Crippen LogP contribution in [0.2, 0.25) is 0 Å². The molecular weight excluding hydrogens is 395 g/mol. The zero-order chi connectivity index (χ0) is 20.1. The quantitative estimate of drug-likeness (QED) is 0.613. The van der Waals surface area contributed by atoms with E-state index in [1.165, 1.54) is 0 Å². The first-order valence-electron chi connectivity index (χ1n) is 7.25. The molecule has 0 saturated carbocycles. The second-order valence-corrected chi connectivity index (χ2v) is 7.75. The first kappa shape index (κ1) is 19.4. The fraction of sp³-hybridized carbons (Fsp3) is 0.188. The molecule has 0 radical (unpaired) electrons. The zero-order valence-electron chi connectivity index (χ0n) is 13.2. The van der Waals surface area contributed by atoms with E-state index in [9.17, 15) is 31.1 Å². The van der Waals surface area contributed by atoms with Crippen LogP contribution in [0.25, 0.3) is 0 Å². The topological polar surface area (TPSA) is 99.5 Å². The predicted octanol–water partition coefficient (Wildman–Crippen LogP) is 5.14. The summed E-state index contributed by atoms with van der Waals surface area (Å²) in [4.78, 5) is -0.792. The molecular formula is C16H11F5N2O3S. The average Bonchev–Trinajstić information content (AvgIpc) is 2.71. The Balaban J connectivity index is 2.17. The number of fused-ring (bicyclic) bond motifs is 1. The van der Waals surface area contributed by atoms with Crippen LogP contribution in [0, 0.1) is 17.1 Å². The molecule has 1 unspecified atom stereocenters. The van der Waals surface area contributed by atoms with Gasteiger partial charge in [-0.15, -0.1) is 10.6 Å². The molecule has 0 spiro atoms. The van der Waals surface area contributed by atoms with Gasteiger partial charge in [-0.2, -0.15) is 14.0 Å². The second kappa shape index (κ2) is 6.35. The largest absolute Gasteiger partial charge is 0.457 e. The van der Waals surface area contributed by atoms with Crippen LogP contribution in [-0.4, -0.2) is 14.4 Å². The summed E-state index contributed by atoms with van der Waals surface area (Å²) in [6.07, 6.45) is -3.35. The van der Waals surface area contributed by atoms with Crippen molar-refractivity contribution < 1.29 is 35.8 Å². The number of halogens is 5. The highest BCUT2D eigenvalue weighted by molar-refractivity contribution is 8.25. The van der Waals surface area contributed by atoms with E-state index in [0.29, 0.717) is 0 Å². The Bertz CT molecular complexity index is 962. The van der Waals surface area contributed by atoms with Crippen LogP contribution in [0.5, 0.6) is 11.5 Å². The van der Waals surface area contributed by atoms with Crippen molar-refractivity contribution in [3.8, 4) is 17.6 Å². The number of nitriles is 1. The molecule has 1 atom stereocenters. The molecule has 0 aliphatic carbocycles. The van der Waals surface area contributed by atoms with Gasteiger partial charge in [0.1, 0.15) is 23.4 Å². The summed E-state index contributed by atoms with van der Waals surface area (Å²) in [5.74, 6) is -1.82. The fourth-order valence-electron chi connectivity index (χ4n) is 2.78. The minimum atomic E-state index is -4.75. The lowest BCUT2D eigenvalue weighted by Crippen LogP contribution is -2.32. The lowest BCUT2D eigenvalue weighted by molar-refractivity contribution is 0.0559. The summed E-state index contributed by atoms with van der Waals surface area (Å²) in [6, 6.07) is 3.65. The van der Waals surface area contributed by atoms with Gasteiger partial charge in [-0.05, 0) is 24.3 Å². The van der Waals surface area contributed by atoms with Gasteiger partial charge >= 0.3 is 5.25 Å². The molecule has 0 saturated heterocycles. The lowest BCUT2D eigenvalue weighted by atomic mass is 10.0. The van der Waals surface area contributed by atoms with Crippen LogP contribution in [0.3, 0.4) is 0 Å². The van der Waals surface area contributed by atoms with Gasteiger partial charge in [0.2, 0.25) is 0 Å². The SMILES string of the molecule is N#Cc1cc(F)cc(Oc2ccc3c(c2C(F)F)C(N)C(F)(F)S3(O)O)c1. The van der Waals surface area contributed by atoms with Gasteiger partial charge in [0.05, 0.1) is 22.1 Å². The van der Waals surface area contributed by atoms with E-state index in [1.807, 2.05) is 0 Å². The molecule has 1 aliphatic heterocycles. The summed E-state index contributed by atoms with van der Waals surface area (Å²) in [6.45, 7) is 0. The van der Waals surface area contributed by atoms with Crippen molar-refractivity contribution in [2.45, 2.75) is 22.6 Å². The van der Waals surface area contributed by atoms with Gasteiger partial charge in [0.15, 0.2) is 0 Å². The lowest BCUT2D eigenvalue weighted by Gasteiger charge is -2.34. The van der Waals surface area contributed by atoms with E-state index >= 15 is 0 Å². The summed E-state index contributed by atoms with van der Waals surface area (Å²) in [5.41, 5.74) is 3.29. The van der Waals surface area contributed by atoms with Crippen molar-refractivity contribution >= 4 is 10.6 Å². The van der Waals surface area contributed by atoms with Gasteiger partial charge in [-0.3, -0.25) is 9.11 Å². The van der Waals surface area contributed by atoms with Gasteiger partial charge in [-0.1, -0.05) is 0 Å². The Morgan fingerprint density at radius 1 is 1.22 bits per heavy atom. The van der Waals surface area contributed by atoms with Gasteiger partial charge < -0.3 is 10.5 Å². The number of ether oxygens (including phenoxy) is 1. The Kier molecular flexibility index (Phi) is 4.55. The van der Waals surface area contributed by atoms with E-state index in [1.54, 1.807) is 6.07 Å². The molecule has 4 N–H and O–H groups in total. The molecule has 144 valence electrons. The third-order valence-corrected chi connectivity index (χ3v) is 6.00. The van der Waals surface area contributed by atoms with Crippen LogP contribution in [0.1, 0.15) is 29.2 Å². The Labute approximate surface area is 151 Å². The predicted molar refractivity (Wildman–Crippen MR) is 85.6 cm³/mol. The van der Waals surface area contributed by atoms with Gasteiger partial charge in [0, 0.05) is 11.6 Å². The minimum Gasteiger partial charge on any atom is -0.457 e. The van der Waals surface area contributed by atoms with Crippen LogP contribution in [-0.2, 0) is 0 Å². The highest BCUT2D eigenvalue weighted by Gasteiger charge is 2.60. The Hall–Kier alpha value is -2.39. The fourth-order valence-corrected chi connectivity index (χ4v) is 4.35. The van der Waals surface area contributed by atoms with E-state index in [0.717, 1.165) is 30.3 Å². The Morgan fingerprint density at radius 2 is 1.89 bits per heavy atom. The van der Waals surface area contributed by atoms with Crippen LogP contribution in [0.4, 0.5) is 22.0 Å². The van der Waals surface area contributed by atoms with Gasteiger partial charge in [0.25, 0.3) is 6.43 Å². The number of hydrogen-bond acceptors (Lipinski definition) is 5. The van der Waals surface area contributed by atoms with Crippen molar-refractivity contribution in [2.24, 2.45) is 5.73 Å². The molecule has 0 fully saturated rings. The molecule has 2 aromatic carbocycles. The maximum Gasteiger partial charge on any atom is 0.360 e. The molecule has 2 aromatic rings. The van der Waals surface area contributed by atoms with E-state index in [4.69, 9.17) is 15.7 Å². The van der Waals surface area contributed by atoms with Crippen LogP contribution in [0.15, 0.2) is 35.2 Å². The van der Waals surface area contributed by atoms with E-state index < -0.39 is 55.9 Å². The second-order valence-electron chi connectivity index (χ2n) is 5.67. The number of rotatable bonds is 3. The van der Waals surface area contributed by atoms with Crippen molar-refractivity contribution in [3.05, 3.63) is 52.8 Å². The summed E-state index contributed by atoms with van der Waals surface area (Å²) >= 11 is 0. The molecule has 0 amide bonds. The summed E-state index contributed by atoms with van der Waals surface area (Å²) < 4.78 is 93.7. The maximum absolute atomic E-state index is 14.1. The highest BCUT2D eigenvalue weighted by Crippen LogP contribution is 2.72. The maximum atomic E-state index is 14.1. The molecule has 27 heavy (non-hydrogen) atoms. The number of hydrogen-bond donors (Lipinski definition) is 3. The smallest absolute Gasteiger partial charge is 0.360 e. The van der Waals surface area contributed by atoms with Crippen LogP contribution < -0.4 is 10.5 Å². The molecule has 1 aliphatic rings. The Morgan fingerprint density at radius 3 is 2.48 bits per heavy atom. The monoisotopic (exact) mass is 406 g/mol. The minimum absolute atomic E-state index is 0.151. The number of nitrogens with zero attached hydrogens (tertiary/aromatic N) is 1. The molecule has 3 rings (SSSR count). The van der Waals surface area contributed by atoms with E-state index in [-0.39, 0.29) is 11.3 Å². The van der Waals surface area contributed by atoms with Crippen molar-refractivity contribution in [1.82, 2.24) is 0 Å². The van der Waals surface area contributed by atoms with Crippen molar-refractivity contribution in [3.63, 3.8) is 0 Å². The molecule has 11 heteroatoms.